The molecular weight excluding hydrogens is 234 g/mol. The minimum atomic E-state index is -0.242. The summed E-state index contributed by atoms with van der Waals surface area (Å²) in [5.41, 5.74) is 2.01. The summed E-state index contributed by atoms with van der Waals surface area (Å²) in [6.07, 6.45) is 4.44. The minimum absolute atomic E-state index is 0.242. The van der Waals surface area contributed by atoms with E-state index in [1.165, 1.54) is 0 Å². The number of rotatable bonds is 3. The van der Waals surface area contributed by atoms with Crippen molar-refractivity contribution in [3.05, 3.63) is 78.1 Å². The van der Waals surface area contributed by atoms with Gasteiger partial charge in [0.2, 0.25) is 0 Å². The highest BCUT2D eigenvalue weighted by Gasteiger charge is 2.15. The number of hydrogen-bond acceptors (Lipinski definition) is 2. The maximum absolute atomic E-state index is 11.5. The summed E-state index contributed by atoms with van der Waals surface area (Å²) in [6.45, 7) is 0. The number of fused-ring (bicyclic) bond motifs is 1. The van der Waals surface area contributed by atoms with Gasteiger partial charge in [-0.1, -0.05) is 42.5 Å². The van der Waals surface area contributed by atoms with Gasteiger partial charge in [-0.15, -0.1) is 0 Å². The second-order valence-corrected chi connectivity index (χ2v) is 4.46. The van der Waals surface area contributed by atoms with Crippen LogP contribution in [0.5, 0.6) is 0 Å². The van der Waals surface area contributed by atoms with Crippen molar-refractivity contribution in [1.29, 1.82) is 0 Å². The third-order valence-electron chi connectivity index (χ3n) is 3.36. The second-order valence-electron chi connectivity index (χ2n) is 4.46. The highest BCUT2D eigenvalue weighted by molar-refractivity contribution is 5.89. The van der Waals surface area contributed by atoms with Gasteiger partial charge in [-0.25, -0.2) is 0 Å². The highest BCUT2D eigenvalue weighted by atomic mass is 16.1. The SMILES string of the molecule is O=CC(c1ccncc1)c1cccc2ccccc12. The molecule has 0 spiro atoms. The van der Waals surface area contributed by atoms with Crippen LogP contribution in [0.2, 0.25) is 0 Å². The Hall–Kier alpha value is -2.48. The van der Waals surface area contributed by atoms with Gasteiger partial charge in [-0.05, 0) is 34.0 Å². The van der Waals surface area contributed by atoms with E-state index in [0.29, 0.717) is 0 Å². The lowest BCUT2D eigenvalue weighted by molar-refractivity contribution is -0.108. The fourth-order valence-corrected chi connectivity index (χ4v) is 2.42. The number of aromatic nitrogens is 1. The molecule has 0 aliphatic carbocycles. The zero-order valence-corrected chi connectivity index (χ0v) is 10.4. The Morgan fingerprint density at radius 1 is 0.895 bits per heavy atom. The summed E-state index contributed by atoms with van der Waals surface area (Å²) in [7, 11) is 0. The van der Waals surface area contributed by atoms with Crippen molar-refractivity contribution in [3.8, 4) is 0 Å². The van der Waals surface area contributed by atoms with Gasteiger partial charge in [-0.2, -0.15) is 0 Å². The van der Waals surface area contributed by atoms with E-state index in [1.54, 1.807) is 12.4 Å². The van der Waals surface area contributed by atoms with Gasteiger partial charge < -0.3 is 4.79 Å². The third-order valence-corrected chi connectivity index (χ3v) is 3.36. The van der Waals surface area contributed by atoms with E-state index in [4.69, 9.17) is 0 Å². The molecule has 1 heterocycles. The topological polar surface area (TPSA) is 30.0 Å². The van der Waals surface area contributed by atoms with Crippen LogP contribution in [-0.2, 0) is 4.79 Å². The smallest absolute Gasteiger partial charge is 0.131 e. The standard InChI is InChI=1S/C17H13NO/c19-12-17(14-8-10-18-11-9-14)16-7-3-5-13-4-1-2-6-15(13)16/h1-12,17H. The van der Waals surface area contributed by atoms with E-state index in [0.717, 1.165) is 28.2 Å². The number of benzene rings is 2. The van der Waals surface area contributed by atoms with Crippen molar-refractivity contribution >= 4 is 17.1 Å². The normalized spacial score (nSPS) is 12.2. The fraction of sp³-hybridized carbons (Fsp3) is 0.0588. The largest absolute Gasteiger partial charge is 0.302 e. The molecule has 1 unspecified atom stereocenters. The predicted molar refractivity (Wildman–Crippen MR) is 76.1 cm³/mol. The molecule has 0 saturated carbocycles. The number of carbonyl (C=O) groups is 1. The van der Waals surface area contributed by atoms with Gasteiger partial charge in [0.15, 0.2) is 0 Å². The Morgan fingerprint density at radius 2 is 1.63 bits per heavy atom. The molecule has 0 saturated heterocycles. The molecule has 0 amide bonds. The monoisotopic (exact) mass is 247 g/mol. The Balaban J connectivity index is 2.20. The lowest BCUT2D eigenvalue weighted by Crippen LogP contribution is -2.03. The number of hydrogen-bond donors (Lipinski definition) is 0. The van der Waals surface area contributed by atoms with E-state index in [9.17, 15) is 4.79 Å². The first-order chi connectivity index (χ1) is 9.40. The number of carbonyl (C=O) groups excluding carboxylic acids is 1. The van der Waals surface area contributed by atoms with Crippen molar-refractivity contribution in [2.75, 3.05) is 0 Å². The summed E-state index contributed by atoms with van der Waals surface area (Å²) in [4.78, 5) is 15.5. The molecule has 2 nitrogen and oxygen atoms in total. The highest BCUT2D eigenvalue weighted by Crippen LogP contribution is 2.29. The zero-order valence-electron chi connectivity index (χ0n) is 10.4. The molecule has 0 radical (unpaired) electrons. The van der Waals surface area contributed by atoms with Crippen molar-refractivity contribution in [1.82, 2.24) is 4.98 Å². The van der Waals surface area contributed by atoms with E-state index in [-0.39, 0.29) is 5.92 Å². The molecular formula is C17H13NO. The minimum Gasteiger partial charge on any atom is -0.302 e. The number of nitrogens with zero attached hydrogens (tertiary/aromatic N) is 1. The van der Waals surface area contributed by atoms with Gasteiger partial charge >= 0.3 is 0 Å². The van der Waals surface area contributed by atoms with Gasteiger partial charge in [0, 0.05) is 12.4 Å². The van der Waals surface area contributed by atoms with E-state index >= 15 is 0 Å². The first-order valence-corrected chi connectivity index (χ1v) is 6.23. The van der Waals surface area contributed by atoms with Crippen LogP contribution >= 0.6 is 0 Å². The van der Waals surface area contributed by atoms with Crippen LogP contribution in [-0.4, -0.2) is 11.3 Å². The average Bonchev–Trinajstić information content (AvgIpc) is 2.49. The van der Waals surface area contributed by atoms with Gasteiger partial charge in [0.25, 0.3) is 0 Å². The number of pyridine rings is 1. The van der Waals surface area contributed by atoms with E-state index < -0.39 is 0 Å². The summed E-state index contributed by atoms with van der Waals surface area (Å²) in [5, 5.41) is 2.28. The summed E-state index contributed by atoms with van der Waals surface area (Å²) in [6, 6.07) is 18.0. The first kappa shape index (κ1) is 11.6. The van der Waals surface area contributed by atoms with Crippen LogP contribution in [0.3, 0.4) is 0 Å². The molecule has 3 aromatic rings. The molecule has 2 heteroatoms. The molecule has 0 aliphatic rings. The van der Waals surface area contributed by atoms with E-state index in [1.807, 2.05) is 36.4 Å². The van der Waals surface area contributed by atoms with Crippen LogP contribution in [0.1, 0.15) is 17.0 Å². The summed E-state index contributed by atoms with van der Waals surface area (Å²) in [5.74, 6) is -0.242. The molecule has 0 aliphatic heterocycles. The van der Waals surface area contributed by atoms with Gasteiger partial charge in [0.1, 0.15) is 6.29 Å². The predicted octanol–water partition coefficient (Wildman–Crippen LogP) is 3.57. The lowest BCUT2D eigenvalue weighted by atomic mass is 9.89. The summed E-state index contributed by atoms with van der Waals surface area (Å²) >= 11 is 0. The molecule has 19 heavy (non-hydrogen) atoms. The molecule has 0 N–H and O–H groups in total. The molecule has 3 rings (SSSR count). The first-order valence-electron chi connectivity index (χ1n) is 6.23. The van der Waals surface area contributed by atoms with Crippen molar-refractivity contribution in [2.24, 2.45) is 0 Å². The Morgan fingerprint density at radius 3 is 2.42 bits per heavy atom. The Bertz CT molecular complexity index is 701. The zero-order chi connectivity index (χ0) is 13.1. The summed E-state index contributed by atoms with van der Waals surface area (Å²) < 4.78 is 0. The number of aldehydes is 1. The lowest BCUT2D eigenvalue weighted by Gasteiger charge is -2.13. The van der Waals surface area contributed by atoms with Crippen molar-refractivity contribution in [3.63, 3.8) is 0 Å². The van der Waals surface area contributed by atoms with Crippen molar-refractivity contribution < 1.29 is 4.79 Å². The molecule has 1 atom stereocenters. The second kappa shape index (κ2) is 5.02. The van der Waals surface area contributed by atoms with Gasteiger partial charge in [0.05, 0.1) is 5.92 Å². The van der Waals surface area contributed by atoms with Gasteiger partial charge in [-0.3, -0.25) is 4.98 Å². The van der Waals surface area contributed by atoms with Crippen LogP contribution in [0.25, 0.3) is 10.8 Å². The van der Waals surface area contributed by atoms with Crippen molar-refractivity contribution in [2.45, 2.75) is 5.92 Å². The maximum Gasteiger partial charge on any atom is 0.131 e. The third kappa shape index (κ3) is 2.13. The molecule has 1 aromatic heterocycles. The Kier molecular flexibility index (Phi) is 3.07. The van der Waals surface area contributed by atoms with Crippen LogP contribution < -0.4 is 0 Å². The fourth-order valence-electron chi connectivity index (χ4n) is 2.42. The molecule has 0 bridgehead atoms. The van der Waals surface area contributed by atoms with Crippen LogP contribution in [0, 0.1) is 0 Å². The average molecular weight is 247 g/mol. The van der Waals surface area contributed by atoms with Crippen LogP contribution in [0.4, 0.5) is 0 Å². The molecule has 2 aromatic carbocycles. The molecule has 92 valence electrons. The van der Waals surface area contributed by atoms with E-state index in [2.05, 4.69) is 23.2 Å². The quantitative estimate of drug-likeness (QED) is 0.662. The molecule has 0 fully saturated rings. The van der Waals surface area contributed by atoms with Crippen LogP contribution in [0.15, 0.2) is 67.0 Å². The maximum atomic E-state index is 11.5. The Labute approximate surface area is 111 Å².